The Morgan fingerprint density at radius 3 is 2.37 bits per heavy atom. The first-order chi connectivity index (χ1) is 14.4. The number of hydrogen-bond acceptors (Lipinski definition) is 4. The van der Waals surface area contributed by atoms with Crippen LogP contribution < -0.4 is 5.32 Å². The Morgan fingerprint density at radius 2 is 1.70 bits per heavy atom. The van der Waals surface area contributed by atoms with Crippen molar-refractivity contribution in [2.45, 2.75) is 39.2 Å². The van der Waals surface area contributed by atoms with Crippen LogP contribution in [-0.4, -0.2) is 27.6 Å². The molecule has 6 nitrogen and oxygen atoms in total. The van der Waals surface area contributed by atoms with Gasteiger partial charge in [0.25, 0.3) is 5.91 Å². The molecule has 152 valence electrons. The van der Waals surface area contributed by atoms with E-state index in [1.165, 1.54) is 4.90 Å². The molecule has 2 heterocycles. The first kappa shape index (κ1) is 19.8. The molecule has 1 saturated heterocycles. The second-order valence-corrected chi connectivity index (χ2v) is 7.79. The number of carbonyl (C=O) groups is 3. The molecule has 2 aromatic carbocycles. The van der Waals surface area contributed by atoms with Gasteiger partial charge in [-0.05, 0) is 35.7 Å². The lowest BCUT2D eigenvalue weighted by Gasteiger charge is -2.14. The molecule has 0 unspecified atom stereocenters. The zero-order chi connectivity index (χ0) is 21.3. The number of nitrogens with zero attached hydrogens (tertiary/aromatic N) is 2. The lowest BCUT2D eigenvalue weighted by Crippen LogP contribution is -2.28. The Kier molecular flexibility index (Phi) is 5.31. The number of pyridine rings is 1. The molecule has 3 aromatic rings. The largest absolute Gasteiger partial charge is 0.322 e. The van der Waals surface area contributed by atoms with Gasteiger partial charge in [-0.25, -0.2) is 0 Å². The van der Waals surface area contributed by atoms with E-state index in [1.807, 2.05) is 56.3 Å². The van der Waals surface area contributed by atoms with Gasteiger partial charge in [-0.3, -0.25) is 24.3 Å². The lowest BCUT2D eigenvalue weighted by atomic mass is 10.0. The van der Waals surface area contributed by atoms with E-state index in [-0.39, 0.29) is 43.0 Å². The van der Waals surface area contributed by atoms with Crippen molar-refractivity contribution in [2.75, 3.05) is 5.32 Å². The van der Waals surface area contributed by atoms with Gasteiger partial charge < -0.3 is 5.32 Å². The number of carbonyl (C=O) groups excluding carboxylic acids is 3. The SMILES string of the molecule is CC(C)c1cc(C(=O)Nc2ccc(CN3C(=O)CCC3=O)cc2)c2ccccc2n1. The van der Waals surface area contributed by atoms with E-state index in [2.05, 4.69) is 10.3 Å². The number of fused-ring (bicyclic) bond motifs is 1. The van der Waals surface area contributed by atoms with Crippen LogP contribution in [0.1, 0.15) is 54.2 Å². The van der Waals surface area contributed by atoms with E-state index >= 15 is 0 Å². The Hall–Kier alpha value is -3.54. The molecule has 1 aliphatic heterocycles. The summed E-state index contributed by atoms with van der Waals surface area (Å²) >= 11 is 0. The molecule has 0 spiro atoms. The summed E-state index contributed by atoms with van der Waals surface area (Å²) in [7, 11) is 0. The molecular formula is C24H23N3O3. The number of nitrogens with one attached hydrogen (secondary N) is 1. The quantitative estimate of drug-likeness (QED) is 0.648. The smallest absolute Gasteiger partial charge is 0.256 e. The minimum atomic E-state index is -0.201. The molecule has 1 aliphatic rings. The van der Waals surface area contributed by atoms with Gasteiger partial charge in [0.2, 0.25) is 11.8 Å². The minimum Gasteiger partial charge on any atom is -0.322 e. The number of amides is 3. The van der Waals surface area contributed by atoms with E-state index in [0.717, 1.165) is 22.2 Å². The summed E-state index contributed by atoms with van der Waals surface area (Å²) in [5, 5.41) is 3.75. The molecular weight excluding hydrogens is 378 g/mol. The molecule has 6 heteroatoms. The van der Waals surface area contributed by atoms with E-state index in [9.17, 15) is 14.4 Å². The van der Waals surface area contributed by atoms with Crippen molar-refractivity contribution >= 4 is 34.3 Å². The van der Waals surface area contributed by atoms with Crippen LogP contribution in [0.15, 0.2) is 54.6 Å². The van der Waals surface area contributed by atoms with Crippen LogP contribution in [-0.2, 0) is 16.1 Å². The van der Waals surface area contributed by atoms with Crippen molar-refractivity contribution in [1.82, 2.24) is 9.88 Å². The van der Waals surface area contributed by atoms with Crippen molar-refractivity contribution < 1.29 is 14.4 Å². The molecule has 1 fully saturated rings. The normalized spacial score (nSPS) is 14.0. The Morgan fingerprint density at radius 1 is 1.03 bits per heavy atom. The highest BCUT2D eigenvalue weighted by Gasteiger charge is 2.28. The van der Waals surface area contributed by atoms with Crippen LogP contribution in [0.4, 0.5) is 5.69 Å². The maximum atomic E-state index is 13.0. The molecule has 3 amide bonds. The number of anilines is 1. The topological polar surface area (TPSA) is 79.4 Å². The monoisotopic (exact) mass is 401 g/mol. The van der Waals surface area contributed by atoms with Crippen LogP contribution in [0.2, 0.25) is 0 Å². The first-order valence-corrected chi connectivity index (χ1v) is 10.1. The van der Waals surface area contributed by atoms with Gasteiger partial charge in [0.05, 0.1) is 17.6 Å². The third kappa shape index (κ3) is 3.94. The number of para-hydroxylation sites is 1. The van der Waals surface area contributed by atoms with Crippen molar-refractivity contribution in [3.63, 3.8) is 0 Å². The molecule has 30 heavy (non-hydrogen) atoms. The number of benzene rings is 2. The first-order valence-electron chi connectivity index (χ1n) is 10.1. The van der Waals surface area contributed by atoms with E-state index in [0.29, 0.717) is 11.3 Å². The zero-order valence-electron chi connectivity index (χ0n) is 17.0. The van der Waals surface area contributed by atoms with Gasteiger partial charge in [0.15, 0.2) is 0 Å². The van der Waals surface area contributed by atoms with Crippen molar-refractivity contribution in [3.8, 4) is 0 Å². The van der Waals surface area contributed by atoms with Gasteiger partial charge in [-0.2, -0.15) is 0 Å². The highest BCUT2D eigenvalue weighted by atomic mass is 16.2. The van der Waals surface area contributed by atoms with Crippen molar-refractivity contribution in [3.05, 3.63) is 71.4 Å². The highest BCUT2D eigenvalue weighted by Crippen LogP contribution is 2.24. The van der Waals surface area contributed by atoms with E-state index in [1.54, 1.807) is 12.1 Å². The molecule has 0 aliphatic carbocycles. The molecule has 0 bridgehead atoms. The third-order valence-electron chi connectivity index (χ3n) is 5.28. The molecule has 0 atom stereocenters. The van der Waals surface area contributed by atoms with E-state index < -0.39 is 0 Å². The summed E-state index contributed by atoms with van der Waals surface area (Å²) in [6, 6.07) is 16.7. The summed E-state index contributed by atoms with van der Waals surface area (Å²) in [4.78, 5) is 42.5. The number of imide groups is 1. The second kappa shape index (κ2) is 8.06. The van der Waals surface area contributed by atoms with Crippen LogP contribution in [0.5, 0.6) is 0 Å². The Bertz CT molecular complexity index is 1120. The van der Waals surface area contributed by atoms with Gasteiger partial charge in [-0.15, -0.1) is 0 Å². The maximum Gasteiger partial charge on any atom is 0.256 e. The van der Waals surface area contributed by atoms with Gasteiger partial charge in [0, 0.05) is 29.6 Å². The second-order valence-electron chi connectivity index (χ2n) is 7.79. The van der Waals surface area contributed by atoms with Crippen LogP contribution in [0.3, 0.4) is 0 Å². The molecule has 0 radical (unpaired) electrons. The average Bonchev–Trinajstić information content (AvgIpc) is 3.06. The predicted molar refractivity (Wildman–Crippen MR) is 115 cm³/mol. The third-order valence-corrected chi connectivity index (χ3v) is 5.28. The molecule has 1 aromatic heterocycles. The van der Waals surface area contributed by atoms with Crippen LogP contribution in [0.25, 0.3) is 10.9 Å². The maximum absolute atomic E-state index is 13.0. The number of rotatable bonds is 5. The summed E-state index contributed by atoms with van der Waals surface area (Å²) in [6.07, 6.45) is 0.566. The fraction of sp³-hybridized carbons (Fsp3) is 0.250. The molecule has 4 rings (SSSR count). The summed E-state index contributed by atoms with van der Waals surface area (Å²) in [5.41, 5.74) is 3.74. The number of aromatic nitrogens is 1. The van der Waals surface area contributed by atoms with Crippen LogP contribution in [0, 0.1) is 0 Å². The fourth-order valence-electron chi connectivity index (χ4n) is 3.55. The average molecular weight is 401 g/mol. The molecule has 1 N–H and O–H groups in total. The summed E-state index contributed by atoms with van der Waals surface area (Å²) in [6.45, 7) is 4.36. The Labute approximate surface area is 174 Å². The fourth-order valence-corrected chi connectivity index (χ4v) is 3.55. The standard InChI is InChI=1S/C24H23N3O3/c1-15(2)21-13-19(18-5-3-4-6-20(18)26-21)24(30)25-17-9-7-16(8-10-17)14-27-22(28)11-12-23(27)29/h3-10,13,15H,11-12,14H2,1-2H3,(H,25,30). The number of likely N-dealkylation sites (tertiary alicyclic amines) is 1. The van der Waals surface area contributed by atoms with Gasteiger partial charge in [0.1, 0.15) is 0 Å². The van der Waals surface area contributed by atoms with Crippen molar-refractivity contribution in [2.24, 2.45) is 0 Å². The highest BCUT2D eigenvalue weighted by molar-refractivity contribution is 6.12. The number of hydrogen-bond donors (Lipinski definition) is 1. The summed E-state index contributed by atoms with van der Waals surface area (Å²) < 4.78 is 0. The summed E-state index contributed by atoms with van der Waals surface area (Å²) in [5.74, 6) is -0.268. The lowest BCUT2D eigenvalue weighted by molar-refractivity contribution is -0.139. The van der Waals surface area contributed by atoms with Gasteiger partial charge >= 0.3 is 0 Å². The zero-order valence-corrected chi connectivity index (χ0v) is 17.0. The minimum absolute atomic E-state index is 0.136. The van der Waals surface area contributed by atoms with E-state index in [4.69, 9.17) is 0 Å². The Balaban J connectivity index is 1.54. The molecule has 0 saturated carbocycles. The van der Waals surface area contributed by atoms with Crippen LogP contribution >= 0.6 is 0 Å². The predicted octanol–water partition coefficient (Wildman–Crippen LogP) is 4.26. The van der Waals surface area contributed by atoms with Crippen molar-refractivity contribution in [1.29, 1.82) is 0 Å². The van der Waals surface area contributed by atoms with Gasteiger partial charge in [-0.1, -0.05) is 44.2 Å².